The van der Waals surface area contributed by atoms with E-state index in [1.165, 1.54) is 0 Å². The highest BCUT2D eigenvalue weighted by Gasteiger charge is 2.00. The van der Waals surface area contributed by atoms with Crippen molar-refractivity contribution in [3.8, 4) is 0 Å². The van der Waals surface area contributed by atoms with Crippen molar-refractivity contribution >= 4 is 12.1 Å². The first-order valence-electron chi connectivity index (χ1n) is 3.90. The molecule has 0 rings (SSSR count). The summed E-state index contributed by atoms with van der Waals surface area (Å²) in [4.78, 5) is 4.14. The largest absolute Gasteiger partial charge is 0.322 e. The average molecular weight is 155 g/mol. The summed E-state index contributed by atoms with van der Waals surface area (Å²) in [5.41, 5.74) is 0. The minimum Gasteiger partial charge on any atom is -0.322 e. The summed E-state index contributed by atoms with van der Waals surface area (Å²) in [5.74, 6) is 6.59. The van der Waals surface area contributed by atoms with Crippen LogP contribution in [0.25, 0.3) is 0 Å². The monoisotopic (exact) mass is 155 g/mol. The first-order chi connectivity index (χ1) is 5.07. The molecule has 0 unspecified atom stereocenters. The van der Waals surface area contributed by atoms with Gasteiger partial charge in [0.15, 0.2) is 0 Å². The second kappa shape index (κ2) is 4.88. The van der Waals surface area contributed by atoms with Crippen LogP contribution in [0.4, 0.5) is 0 Å². The van der Waals surface area contributed by atoms with Crippen LogP contribution in [0.3, 0.4) is 0 Å². The van der Waals surface area contributed by atoms with Crippen molar-refractivity contribution in [2.24, 2.45) is 27.8 Å². The first-order valence-corrected chi connectivity index (χ1v) is 3.90. The molecule has 0 spiro atoms. The smallest absolute Gasteiger partial charge is 0.149 e. The summed E-state index contributed by atoms with van der Waals surface area (Å²) in [7, 11) is 0. The van der Waals surface area contributed by atoms with E-state index < -0.39 is 0 Å². The Bertz CT molecular complexity index is 157. The van der Waals surface area contributed by atoms with Gasteiger partial charge in [0.2, 0.25) is 0 Å². The molecular weight excluding hydrogens is 138 g/mol. The Labute approximate surface area is 68.4 Å². The Morgan fingerprint density at radius 1 is 1.27 bits per heavy atom. The van der Waals surface area contributed by atoms with Crippen molar-refractivity contribution in [1.82, 2.24) is 0 Å². The maximum Gasteiger partial charge on any atom is 0.149 e. The zero-order valence-corrected chi connectivity index (χ0v) is 7.70. The van der Waals surface area contributed by atoms with Crippen molar-refractivity contribution in [3.63, 3.8) is 0 Å². The van der Waals surface area contributed by atoms with Crippen molar-refractivity contribution in [2.75, 3.05) is 0 Å². The fourth-order valence-corrected chi connectivity index (χ4v) is 0.557. The van der Waals surface area contributed by atoms with E-state index in [1.54, 1.807) is 0 Å². The molecule has 11 heavy (non-hydrogen) atoms. The number of aliphatic imine (C=N–C) groups is 1. The molecule has 64 valence electrons. The zero-order valence-electron chi connectivity index (χ0n) is 7.70. The summed E-state index contributed by atoms with van der Waals surface area (Å²) in [6.45, 7) is 8.17. The number of rotatable bonds is 2. The normalized spacial score (nSPS) is 13.8. The van der Waals surface area contributed by atoms with E-state index in [9.17, 15) is 0 Å². The van der Waals surface area contributed by atoms with Gasteiger partial charge in [-0.15, -0.1) is 0 Å². The van der Waals surface area contributed by atoms with E-state index in [0.717, 1.165) is 0 Å². The second-order valence-electron chi connectivity index (χ2n) is 3.16. The molecule has 0 radical (unpaired) electrons. The van der Waals surface area contributed by atoms with Gasteiger partial charge in [0.25, 0.3) is 0 Å². The van der Waals surface area contributed by atoms with Crippen LogP contribution in [0.2, 0.25) is 0 Å². The van der Waals surface area contributed by atoms with Gasteiger partial charge in [-0.05, 0) is 5.92 Å². The summed E-state index contributed by atoms with van der Waals surface area (Å²) >= 11 is 0. The maximum absolute atomic E-state index is 5.13. The Morgan fingerprint density at radius 3 is 2.09 bits per heavy atom. The Balaban J connectivity index is 4.10. The van der Waals surface area contributed by atoms with Gasteiger partial charge in [0, 0.05) is 12.1 Å². The van der Waals surface area contributed by atoms with E-state index in [4.69, 9.17) is 5.84 Å². The van der Waals surface area contributed by atoms with Crippen LogP contribution in [-0.2, 0) is 0 Å². The number of amidine groups is 1. The summed E-state index contributed by atoms with van der Waals surface area (Å²) in [6, 6.07) is 0. The topological polar surface area (TPSA) is 50.7 Å². The first kappa shape index (κ1) is 10.1. The predicted octanol–water partition coefficient (Wildman–Crippen LogP) is 1.64. The SMILES string of the molecule is CC(C)C=N/C(=N\N)C(C)C. The number of nitrogens with two attached hydrogens (primary N) is 1. The molecule has 0 aromatic rings. The van der Waals surface area contributed by atoms with Gasteiger partial charge in [-0.25, -0.2) is 4.99 Å². The Hall–Kier alpha value is -0.860. The third-order valence-corrected chi connectivity index (χ3v) is 1.15. The molecule has 0 saturated heterocycles. The zero-order chi connectivity index (χ0) is 8.85. The van der Waals surface area contributed by atoms with Crippen molar-refractivity contribution < 1.29 is 0 Å². The number of hydrogen-bond acceptors (Lipinski definition) is 2. The van der Waals surface area contributed by atoms with E-state index in [1.807, 2.05) is 20.1 Å². The van der Waals surface area contributed by atoms with Crippen LogP contribution >= 0.6 is 0 Å². The van der Waals surface area contributed by atoms with Crippen molar-refractivity contribution in [2.45, 2.75) is 27.7 Å². The highest BCUT2D eigenvalue weighted by Crippen LogP contribution is 1.97. The van der Waals surface area contributed by atoms with Crippen LogP contribution < -0.4 is 5.84 Å². The average Bonchev–Trinajstić information content (AvgIpc) is 1.87. The molecule has 0 bridgehead atoms. The third kappa shape index (κ3) is 4.53. The minimum absolute atomic E-state index is 0.301. The molecule has 0 atom stereocenters. The maximum atomic E-state index is 5.13. The lowest BCUT2D eigenvalue weighted by atomic mass is 10.2. The van der Waals surface area contributed by atoms with Crippen LogP contribution in [-0.4, -0.2) is 12.1 Å². The molecule has 0 saturated carbocycles. The quantitative estimate of drug-likeness (QED) is 0.280. The highest BCUT2D eigenvalue weighted by molar-refractivity contribution is 5.90. The van der Waals surface area contributed by atoms with Gasteiger partial charge >= 0.3 is 0 Å². The molecular formula is C8H17N3. The molecule has 0 aliphatic heterocycles. The molecule has 0 aliphatic carbocycles. The van der Waals surface area contributed by atoms with E-state index in [2.05, 4.69) is 23.9 Å². The van der Waals surface area contributed by atoms with Gasteiger partial charge in [0.05, 0.1) is 0 Å². The van der Waals surface area contributed by atoms with Gasteiger partial charge in [-0.3, -0.25) is 0 Å². The highest BCUT2D eigenvalue weighted by atomic mass is 15.2. The standard InChI is InChI=1S/C8H17N3/c1-6(2)5-10-8(11-9)7(3)4/h5-7H,9H2,1-4H3/b10-5?,11-8-. The lowest BCUT2D eigenvalue weighted by Crippen LogP contribution is -2.08. The fraction of sp³-hybridized carbons (Fsp3) is 0.750. The summed E-state index contributed by atoms with van der Waals surface area (Å²) in [5, 5.41) is 3.58. The van der Waals surface area contributed by atoms with Crippen molar-refractivity contribution in [1.29, 1.82) is 0 Å². The predicted molar refractivity (Wildman–Crippen MR) is 49.8 cm³/mol. The molecule has 0 aromatic carbocycles. The third-order valence-electron chi connectivity index (χ3n) is 1.15. The molecule has 0 heterocycles. The second-order valence-corrected chi connectivity index (χ2v) is 3.16. The van der Waals surface area contributed by atoms with Gasteiger partial charge in [0.1, 0.15) is 5.84 Å². The molecule has 0 amide bonds. The lowest BCUT2D eigenvalue weighted by Gasteiger charge is -2.02. The van der Waals surface area contributed by atoms with Crippen LogP contribution in [0.5, 0.6) is 0 Å². The molecule has 3 heteroatoms. The van der Waals surface area contributed by atoms with Crippen molar-refractivity contribution in [3.05, 3.63) is 0 Å². The summed E-state index contributed by atoms with van der Waals surface area (Å²) in [6.07, 6.45) is 1.85. The molecule has 0 aromatic heterocycles. The van der Waals surface area contributed by atoms with E-state index in [-0.39, 0.29) is 0 Å². The van der Waals surface area contributed by atoms with Gasteiger partial charge < -0.3 is 5.84 Å². The Kier molecular flexibility index (Phi) is 4.50. The lowest BCUT2D eigenvalue weighted by molar-refractivity contribution is 0.856. The number of hydrogen-bond donors (Lipinski definition) is 1. The number of hydrazone groups is 1. The van der Waals surface area contributed by atoms with Gasteiger partial charge in [-0.1, -0.05) is 27.7 Å². The minimum atomic E-state index is 0.301. The van der Waals surface area contributed by atoms with Gasteiger partial charge in [-0.2, -0.15) is 5.10 Å². The van der Waals surface area contributed by atoms with E-state index >= 15 is 0 Å². The fourth-order valence-electron chi connectivity index (χ4n) is 0.557. The van der Waals surface area contributed by atoms with Crippen LogP contribution in [0, 0.1) is 11.8 Å². The van der Waals surface area contributed by atoms with Crippen LogP contribution in [0.1, 0.15) is 27.7 Å². The molecule has 0 fully saturated rings. The molecule has 3 nitrogen and oxygen atoms in total. The Morgan fingerprint density at radius 2 is 1.82 bits per heavy atom. The van der Waals surface area contributed by atoms with E-state index in [0.29, 0.717) is 17.7 Å². The van der Waals surface area contributed by atoms with Crippen LogP contribution in [0.15, 0.2) is 10.1 Å². The number of nitrogens with zero attached hydrogens (tertiary/aromatic N) is 2. The summed E-state index contributed by atoms with van der Waals surface area (Å²) < 4.78 is 0. The molecule has 0 aliphatic rings. The molecule has 2 N–H and O–H groups in total.